The number of thiazole rings is 1. The minimum atomic E-state index is -0.763. The molecule has 25 heavy (non-hydrogen) atoms. The maximum atomic E-state index is 12.7. The number of likely N-dealkylation sites (tertiary alicyclic amines) is 1. The molecule has 3 aromatic rings. The molecule has 0 aliphatic carbocycles. The third-order valence-electron chi connectivity index (χ3n) is 4.45. The summed E-state index contributed by atoms with van der Waals surface area (Å²) >= 11 is 3.07. The average molecular weight is 372 g/mol. The number of carbonyl (C=O) groups excluding carboxylic acids is 1. The Morgan fingerprint density at radius 1 is 1.08 bits per heavy atom. The molecule has 4 rings (SSSR count). The number of carboxylic acid groups (broad SMARTS) is 1. The summed E-state index contributed by atoms with van der Waals surface area (Å²) in [5.74, 6) is -1.10. The minimum Gasteiger partial charge on any atom is -0.481 e. The van der Waals surface area contributed by atoms with E-state index in [0.717, 1.165) is 20.1 Å². The van der Waals surface area contributed by atoms with Crippen LogP contribution in [0, 0.1) is 5.92 Å². The van der Waals surface area contributed by atoms with Crippen molar-refractivity contribution in [3.63, 3.8) is 0 Å². The number of thiophene rings is 1. The molecule has 7 heteroatoms. The number of piperidine rings is 1. The number of para-hydroxylation sites is 1. The summed E-state index contributed by atoms with van der Waals surface area (Å²) in [6.07, 6.45) is 1.05. The zero-order chi connectivity index (χ0) is 17.4. The molecule has 128 valence electrons. The SMILES string of the molecule is O=C(O)C1CCN(C(=O)c2ccc(-c3nc4ccccc4s3)s2)CC1. The van der Waals surface area contributed by atoms with Crippen molar-refractivity contribution < 1.29 is 14.7 Å². The van der Waals surface area contributed by atoms with Crippen molar-refractivity contribution in [1.82, 2.24) is 9.88 Å². The zero-order valence-electron chi connectivity index (χ0n) is 13.3. The summed E-state index contributed by atoms with van der Waals surface area (Å²) in [6, 6.07) is 11.8. The second-order valence-electron chi connectivity index (χ2n) is 6.06. The second-order valence-corrected chi connectivity index (χ2v) is 8.17. The maximum absolute atomic E-state index is 12.7. The molecule has 1 aromatic carbocycles. The first kappa shape index (κ1) is 16.2. The van der Waals surface area contributed by atoms with Crippen molar-refractivity contribution in [3.05, 3.63) is 41.3 Å². The second kappa shape index (κ2) is 6.57. The topological polar surface area (TPSA) is 70.5 Å². The van der Waals surface area contributed by atoms with Crippen LogP contribution in [0.1, 0.15) is 22.5 Å². The fourth-order valence-electron chi connectivity index (χ4n) is 3.03. The minimum absolute atomic E-state index is 0.0128. The predicted octanol–water partition coefficient (Wildman–Crippen LogP) is 3.96. The number of hydrogen-bond donors (Lipinski definition) is 1. The molecule has 0 bridgehead atoms. The smallest absolute Gasteiger partial charge is 0.306 e. The third-order valence-corrected chi connectivity index (χ3v) is 6.73. The van der Waals surface area contributed by atoms with E-state index in [-0.39, 0.29) is 11.8 Å². The molecule has 0 radical (unpaired) electrons. The monoisotopic (exact) mass is 372 g/mol. The molecule has 0 spiro atoms. The van der Waals surface area contributed by atoms with E-state index in [1.54, 1.807) is 16.2 Å². The van der Waals surface area contributed by atoms with Gasteiger partial charge in [-0.15, -0.1) is 22.7 Å². The summed E-state index contributed by atoms with van der Waals surface area (Å²) < 4.78 is 1.13. The standard InChI is InChI=1S/C18H16N2O3S2/c21-17(20-9-7-11(8-10-20)18(22)23)15-6-5-14(24-15)16-19-12-3-1-2-4-13(12)25-16/h1-6,11H,7-10H2,(H,22,23). The molecule has 0 saturated carbocycles. The van der Waals surface area contributed by atoms with Gasteiger partial charge in [0.15, 0.2) is 0 Å². The molecule has 1 fully saturated rings. The fraction of sp³-hybridized carbons (Fsp3) is 0.278. The lowest BCUT2D eigenvalue weighted by Crippen LogP contribution is -2.39. The fourth-order valence-corrected chi connectivity index (χ4v) is 5.02. The first-order valence-corrected chi connectivity index (χ1v) is 9.73. The van der Waals surface area contributed by atoms with Gasteiger partial charge in [0.2, 0.25) is 0 Å². The van der Waals surface area contributed by atoms with E-state index in [1.165, 1.54) is 11.3 Å². The molecule has 2 aromatic heterocycles. The highest BCUT2D eigenvalue weighted by Gasteiger charge is 2.28. The molecular weight excluding hydrogens is 356 g/mol. The number of carbonyl (C=O) groups is 2. The van der Waals surface area contributed by atoms with Gasteiger partial charge in [0, 0.05) is 13.1 Å². The molecule has 0 atom stereocenters. The van der Waals surface area contributed by atoms with Crippen LogP contribution < -0.4 is 0 Å². The lowest BCUT2D eigenvalue weighted by molar-refractivity contribution is -0.143. The number of aromatic nitrogens is 1. The van der Waals surface area contributed by atoms with E-state index < -0.39 is 5.97 Å². The predicted molar refractivity (Wildman–Crippen MR) is 99.2 cm³/mol. The normalized spacial score (nSPS) is 15.6. The number of amides is 1. The van der Waals surface area contributed by atoms with Gasteiger partial charge >= 0.3 is 5.97 Å². The molecule has 1 N–H and O–H groups in total. The molecule has 1 aliphatic rings. The van der Waals surface area contributed by atoms with E-state index in [9.17, 15) is 9.59 Å². The summed E-state index contributed by atoms with van der Waals surface area (Å²) in [5, 5.41) is 9.99. The van der Waals surface area contributed by atoms with Crippen LogP contribution in [0.25, 0.3) is 20.1 Å². The molecular formula is C18H16N2O3S2. The van der Waals surface area contributed by atoms with E-state index in [4.69, 9.17) is 5.11 Å². The van der Waals surface area contributed by atoms with Gasteiger partial charge in [-0.2, -0.15) is 0 Å². The summed E-state index contributed by atoms with van der Waals surface area (Å²) in [6.45, 7) is 1.01. The third kappa shape index (κ3) is 3.17. The van der Waals surface area contributed by atoms with E-state index >= 15 is 0 Å². The average Bonchev–Trinajstić information content (AvgIpc) is 3.27. The van der Waals surface area contributed by atoms with Gasteiger partial charge in [-0.1, -0.05) is 12.1 Å². The number of carboxylic acids is 1. The van der Waals surface area contributed by atoms with Crippen molar-refractivity contribution in [2.45, 2.75) is 12.8 Å². The Hall–Kier alpha value is -2.25. The molecule has 1 aliphatic heterocycles. The number of rotatable bonds is 3. The van der Waals surface area contributed by atoms with Crippen LogP contribution in [0.4, 0.5) is 0 Å². The number of aliphatic carboxylic acids is 1. The lowest BCUT2D eigenvalue weighted by Gasteiger charge is -2.29. The van der Waals surface area contributed by atoms with Crippen LogP contribution in [-0.4, -0.2) is 40.0 Å². The highest BCUT2D eigenvalue weighted by Crippen LogP contribution is 2.35. The highest BCUT2D eigenvalue weighted by molar-refractivity contribution is 7.26. The molecule has 0 unspecified atom stereocenters. The number of benzene rings is 1. The van der Waals surface area contributed by atoms with Gasteiger partial charge in [0.05, 0.1) is 25.9 Å². The van der Waals surface area contributed by atoms with Crippen LogP contribution in [0.5, 0.6) is 0 Å². The van der Waals surface area contributed by atoms with Gasteiger partial charge in [0.25, 0.3) is 5.91 Å². The van der Waals surface area contributed by atoms with Gasteiger partial charge in [-0.3, -0.25) is 9.59 Å². The summed E-state index contributed by atoms with van der Waals surface area (Å²) in [7, 11) is 0. The van der Waals surface area contributed by atoms with Crippen molar-refractivity contribution in [3.8, 4) is 9.88 Å². The Kier molecular flexibility index (Phi) is 4.27. The van der Waals surface area contributed by atoms with Crippen molar-refractivity contribution in [2.75, 3.05) is 13.1 Å². The highest BCUT2D eigenvalue weighted by atomic mass is 32.1. The first-order valence-electron chi connectivity index (χ1n) is 8.09. The summed E-state index contributed by atoms with van der Waals surface area (Å²) in [5.41, 5.74) is 0.972. The van der Waals surface area contributed by atoms with E-state index in [2.05, 4.69) is 4.98 Å². The number of fused-ring (bicyclic) bond motifs is 1. The first-order chi connectivity index (χ1) is 12.1. The largest absolute Gasteiger partial charge is 0.481 e. The Balaban J connectivity index is 1.51. The van der Waals surface area contributed by atoms with Crippen LogP contribution in [-0.2, 0) is 4.79 Å². The van der Waals surface area contributed by atoms with Gasteiger partial charge in [0.1, 0.15) is 5.01 Å². The Bertz CT molecular complexity index is 906. The van der Waals surface area contributed by atoms with Crippen molar-refractivity contribution in [1.29, 1.82) is 0 Å². The molecule has 3 heterocycles. The van der Waals surface area contributed by atoms with E-state index in [0.29, 0.717) is 30.8 Å². The van der Waals surface area contributed by atoms with Gasteiger partial charge in [-0.25, -0.2) is 4.98 Å². The van der Waals surface area contributed by atoms with E-state index in [1.807, 2.05) is 36.4 Å². The number of nitrogens with zero attached hydrogens (tertiary/aromatic N) is 2. The number of hydrogen-bond acceptors (Lipinski definition) is 5. The van der Waals surface area contributed by atoms with Crippen LogP contribution >= 0.6 is 22.7 Å². The summed E-state index contributed by atoms with van der Waals surface area (Å²) in [4.78, 5) is 31.8. The quantitative estimate of drug-likeness (QED) is 0.755. The van der Waals surface area contributed by atoms with Crippen LogP contribution in [0.3, 0.4) is 0 Å². The van der Waals surface area contributed by atoms with Gasteiger partial charge in [-0.05, 0) is 37.1 Å². The Morgan fingerprint density at radius 3 is 2.56 bits per heavy atom. The Morgan fingerprint density at radius 2 is 1.84 bits per heavy atom. The lowest BCUT2D eigenvalue weighted by atomic mass is 9.97. The van der Waals surface area contributed by atoms with Crippen LogP contribution in [0.2, 0.25) is 0 Å². The van der Waals surface area contributed by atoms with Crippen LogP contribution in [0.15, 0.2) is 36.4 Å². The molecule has 1 amide bonds. The maximum Gasteiger partial charge on any atom is 0.306 e. The molecule has 1 saturated heterocycles. The zero-order valence-corrected chi connectivity index (χ0v) is 15.0. The Labute approximate surface area is 152 Å². The van der Waals surface area contributed by atoms with Gasteiger partial charge < -0.3 is 10.0 Å². The van der Waals surface area contributed by atoms with Crippen molar-refractivity contribution >= 4 is 44.8 Å². The molecule has 5 nitrogen and oxygen atoms in total. The van der Waals surface area contributed by atoms with Crippen molar-refractivity contribution in [2.24, 2.45) is 5.92 Å².